The average molecular weight is 380 g/mol. The van der Waals surface area contributed by atoms with Gasteiger partial charge >= 0.3 is 12.0 Å². The van der Waals surface area contributed by atoms with Crippen molar-refractivity contribution in [2.24, 2.45) is 7.05 Å². The number of hydrogen-bond acceptors (Lipinski definition) is 5. The standard InChI is InChI=1S/C19H32N4O4/c1-12(2)20-19(26)23(10-9-21(5)6)11-15(24)16-13(3)17(18(25)27-8)22(7)14(16)4/h12H,9-11H2,1-8H3,(H,20,26). The van der Waals surface area contributed by atoms with Crippen LogP contribution in [0.3, 0.4) is 0 Å². The van der Waals surface area contributed by atoms with E-state index in [0.717, 1.165) is 0 Å². The zero-order valence-electron chi connectivity index (χ0n) is 17.7. The van der Waals surface area contributed by atoms with Crippen molar-refractivity contribution in [2.45, 2.75) is 33.7 Å². The lowest BCUT2D eigenvalue weighted by Crippen LogP contribution is -2.47. The summed E-state index contributed by atoms with van der Waals surface area (Å²) in [5, 5.41) is 2.83. The predicted molar refractivity (Wildman–Crippen MR) is 104 cm³/mol. The van der Waals surface area contributed by atoms with Gasteiger partial charge in [-0.25, -0.2) is 9.59 Å². The molecule has 0 aliphatic rings. The van der Waals surface area contributed by atoms with Crippen LogP contribution in [0.2, 0.25) is 0 Å². The van der Waals surface area contributed by atoms with Crippen molar-refractivity contribution in [1.29, 1.82) is 0 Å². The van der Waals surface area contributed by atoms with Gasteiger partial charge in [0.15, 0.2) is 5.78 Å². The molecular weight excluding hydrogens is 348 g/mol. The van der Waals surface area contributed by atoms with Crippen LogP contribution < -0.4 is 5.32 Å². The number of rotatable bonds is 8. The summed E-state index contributed by atoms with van der Waals surface area (Å²) < 4.78 is 6.48. The van der Waals surface area contributed by atoms with Crippen molar-refractivity contribution in [3.63, 3.8) is 0 Å². The Labute approximate surface area is 161 Å². The molecule has 1 N–H and O–H groups in total. The van der Waals surface area contributed by atoms with E-state index in [0.29, 0.717) is 35.6 Å². The van der Waals surface area contributed by atoms with Gasteiger partial charge in [-0.1, -0.05) is 0 Å². The van der Waals surface area contributed by atoms with Crippen LogP contribution in [0.1, 0.15) is 46.0 Å². The number of urea groups is 1. The molecule has 8 heteroatoms. The molecule has 27 heavy (non-hydrogen) atoms. The number of Topliss-reactive ketones (excluding diaryl/α,β-unsaturated/α-hetero) is 1. The van der Waals surface area contributed by atoms with Gasteiger partial charge in [-0.3, -0.25) is 4.79 Å². The number of carbonyl (C=O) groups excluding carboxylic acids is 3. The number of aromatic nitrogens is 1. The van der Waals surface area contributed by atoms with E-state index < -0.39 is 5.97 Å². The third kappa shape index (κ3) is 5.56. The van der Waals surface area contributed by atoms with Crippen molar-refractivity contribution in [3.05, 3.63) is 22.5 Å². The summed E-state index contributed by atoms with van der Waals surface area (Å²) in [6, 6.07) is -0.305. The first-order valence-corrected chi connectivity index (χ1v) is 8.98. The number of nitrogens with one attached hydrogen (secondary N) is 1. The maximum atomic E-state index is 13.0. The minimum absolute atomic E-state index is 0.0272. The van der Waals surface area contributed by atoms with Crippen molar-refractivity contribution < 1.29 is 19.1 Å². The zero-order valence-corrected chi connectivity index (χ0v) is 17.7. The third-order valence-electron chi connectivity index (χ3n) is 4.44. The number of methoxy groups -OCH3 is 1. The molecule has 0 aliphatic heterocycles. The van der Waals surface area contributed by atoms with Gasteiger partial charge in [-0.15, -0.1) is 0 Å². The zero-order chi connectivity index (χ0) is 20.9. The van der Waals surface area contributed by atoms with E-state index >= 15 is 0 Å². The van der Waals surface area contributed by atoms with Crippen LogP contribution in [0.4, 0.5) is 4.79 Å². The van der Waals surface area contributed by atoms with Crippen LogP contribution in [-0.2, 0) is 11.8 Å². The molecule has 0 saturated heterocycles. The number of ether oxygens (including phenoxy) is 1. The SMILES string of the molecule is COC(=O)c1c(C)c(C(=O)CN(CCN(C)C)C(=O)NC(C)C)c(C)n1C. The number of likely N-dealkylation sites (N-methyl/N-ethyl adjacent to an activating group) is 1. The first-order chi connectivity index (χ1) is 12.5. The molecule has 1 aromatic heterocycles. The summed E-state index contributed by atoms with van der Waals surface area (Å²) >= 11 is 0. The number of hydrogen-bond donors (Lipinski definition) is 1. The first kappa shape index (κ1) is 22.7. The summed E-state index contributed by atoms with van der Waals surface area (Å²) in [7, 11) is 6.86. The van der Waals surface area contributed by atoms with Crippen LogP contribution in [0, 0.1) is 13.8 Å². The van der Waals surface area contributed by atoms with E-state index in [9.17, 15) is 14.4 Å². The topological polar surface area (TPSA) is 83.9 Å². The van der Waals surface area contributed by atoms with Gasteiger partial charge < -0.3 is 24.4 Å². The molecule has 152 valence electrons. The minimum atomic E-state index is -0.487. The average Bonchev–Trinajstić information content (AvgIpc) is 2.79. The molecule has 0 spiro atoms. The van der Waals surface area contributed by atoms with Gasteiger partial charge in [0.2, 0.25) is 0 Å². The quantitative estimate of drug-likeness (QED) is 0.547. The molecule has 0 atom stereocenters. The van der Waals surface area contributed by atoms with Gasteiger partial charge in [0.25, 0.3) is 0 Å². The number of amides is 2. The summed E-state index contributed by atoms with van der Waals surface area (Å²) in [6.45, 7) is 8.26. The van der Waals surface area contributed by atoms with Crippen molar-refractivity contribution in [3.8, 4) is 0 Å². The monoisotopic (exact) mass is 380 g/mol. The van der Waals surface area contributed by atoms with E-state index in [1.54, 1.807) is 25.5 Å². The molecule has 0 saturated carbocycles. The highest BCUT2D eigenvalue weighted by atomic mass is 16.5. The van der Waals surface area contributed by atoms with E-state index in [1.807, 2.05) is 32.8 Å². The summed E-state index contributed by atoms with van der Waals surface area (Å²) in [4.78, 5) is 41.0. The van der Waals surface area contributed by atoms with Gasteiger partial charge in [-0.2, -0.15) is 0 Å². The summed E-state index contributed by atoms with van der Waals surface area (Å²) in [5.74, 6) is -0.687. The second-order valence-corrected chi connectivity index (χ2v) is 7.24. The lowest BCUT2D eigenvalue weighted by molar-refractivity contribution is 0.0588. The Balaban J connectivity index is 3.14. The Morgan fingerprint density at radius 3 is 2.22 bits per heavy atom. The molecule has 0 bridgehead atoms. The third-order valence-corrected chi connectivity index (χ3v) is 4.44. The lowest BCUT2D eigenvalue weighted by atomic mass is 10.1. The molecule has 1 aromatic rings. The number of ketones is 1. The fourth-order valence-electron chi connectivity index (χ4n) is 2.94. The van der Waals surface area contributed by atoms with Gasteiger partial charge in [0.1, 0.15) is 5.69 Å². The molecule has 1 rings (SSSR count). The second-order valence-electron chi connectivity index (χ2n) is 7.24. The summed E-state index contributed by atoms with van der Waals surface area (Å²) in [6.07, 6.45) is 0. The Kier molecular flexibility index (Phi) is 8.02. The molecule has 0 fully saturated rings. The lowest BCUT2D eigenvalue weighted by Gasteiger charge is -2.25. The minimum Gasteiger partial charge on any atom is -0.464 e. The molecule has 0 aliphatic carbocycles. The van der Waals surface area contributed by atoms with Gasteiger partial charge in [0, 0.05) is 37.4 Å². The van der Waals surface area contributed by atoms with Crippen molar-refractivity contribution >= 4 is 17.8 Å². The van der Waals surface area contributed by atoms with E-state index in [-0.39, 0.29) is 24.4 Å². The maximum Gasteiger partial charge on any atom is 0.354 e. The van der Waals surface area contributed by atoms with Crippen molar-refractivity contribution in [1.82, 2.24) is 19.7 Å². The van der Waals surface area contributed by atoms with Crippen molar-refractivity contribution in [2.75, 3.05) is 40.8 Å². The molecule has 2 amide bonds. The Morgan fingerprint density at radius 2 is 1.74 bits per heavy atom. The maximum absolute atomic E-state index is 13.0. The molecular formula is C19H32N4O4. The van der Waals surface area contributed by atoms with E-state index in [2.05, 4.69) is 5.32 Å². The largest absolute Gasteiger partial charge is 0.464 e. The number of nitrogens with zero attached hydrogens (tertiary/aromatic N) is 3. The Hall–Kier alpha value is -2.35. The fraction of sp³-hybridized carbons (Fsp3) is 0.632. The molecule has 1 heterocycles. The van der Waals surface area contributed by atoms with Crippen LogP contribution in [0.15, 0.2) is 0 Å². The molecule has 0 aromatic carbocycles. The fourth-order valence-corrected chi connectivity index (χ4v) is 2.94. The van der Waals surface area contributed by atoms with E-state index in [4.69, 9.17) is 4.74 Å². The van der Waals surface area contributed by atoms with Crippen LogP contribution in [0.5, 0.6) is 0 Å². The van der Waals surface area contributed by atoms with Gasteiger partial charge in [0.05, 0.1) is 13.7 Å². The van der Waals surface area contributed by atoms with Crippen LogP contribution >= 0.6 is 0 Å². The first-order valence-electron chi connectivity index (χ1n) is 8.98. The van der Waals surface area contributed by atoms with Crippen LogP contribution in [0.25, 0.3) is 0 Å². The highest BCUT2D eigenvalue weighted by Gasteiger charge is 2.27. The highest BCUT2D eigenvalue weighted by molar-refractivity contribution is 6.04. The second kappa shape index (κ2) is 9.55. The Bertz CT molecular complexity index is 707. The predicted octanol–water partition coefficient (Wildman–Crippen LogP) is 1.59. The Morgan fingerprint density at radius 1 is 1.15 bits per heavy atom. The molecule has 0 unspecified atom stereocenters. The highest BCUT2D eigenvalue weighted by Crippen LogP contribution is 2.22. The molecule has 0 radical (unpaired) electrons. The van der Waals surface area contributed by atoms with Crippen LogP contribution in [-0.4, -0.2) is 79.0 Å². The molecule has 8 nitrogen and oxygen atoms in total. The summed E-state index contributed by atoms with van der Waals surface area (Å²) in [5.41, 5.74) is 2.06. The van der Waals surface area contributed by atoms with E-state index in [1.165, 1.54) is 12.0 Å². The normalized spacial score (nSPS) is 11.0. The smallest absolute Gasteiger partial charge is 0.354 e. The number of esters is 1. The van der Waals surface area contributed by atoms with Gasteiger partial charge in [-0.05, 0) is 47.4 Å². The number of carbonyl (C=O) groups is 3.